The average molecular weight is 274 g/mol. The molecule has 0 radical (unpaired) electrons. The first kappa shape index (κ1) is 15.8. The largest absolute Gasteiger partial charge is 0.381 e. The predicted octanol–water partition coefficient (Wildman–Crippen LogP) is 1.53. The maximum absolute atomic E-state index is 11.6. The van der Waals surface area contributed by atoms with Gasteiger partial charge in [0.15, 0.2) is 0 Å². The summed E-state index contributed by atoms with van der Waals surface area (Å²) < 4.78 is 5.34. The van der Waals surface area contributed by atoms with Gasteiger partial charge in [-0.05, 0) is 45.8 Å². The van der Waals surface area contributed by atoms with Gasteiger partial charge in [-0.3, -0.25) is 4.79 Å². The van der Waals surface area contributed by atoms with Crippen LogP contribution in [0.5, 0.6) is 0 Å². The molecule has 1 amide bonds. The van der Waals surface area contributed by atoms with Gasteiger partial charge in [-0.2, -0.15) is 11.8 Å². The van der Waals surface area contributed by atoms with E-state index in [1.165, 1.54) is 0 Å². The number of carbonyl (C=O) groups excluding carboxylic acids is 1. The Kier molecular flexibility index (Phi) is 6.46. The minimum atomic E-state index is -0.591. The van der Waals surface area contributed by atoms with Crippen molar-refractivity contribution in [3.05, 3.63) is 0 Å². The number of primary amides is 1. The number of hydrogen-bond donors (Lipinski definition) is 2. The monoisotopic (exact) mass is 274 g/mol. The fraction of sp³-hybridized carbons (Fsp3) is 0.923. The summed E-state index contributed by atoms with van der Waals surface area (Å²) in [5.74, 6) is 0.702. The SMILES string of the molecule is CC(C)NC(C)(CCSC1CCOCC1)C(N)=O. The summed E-state index contributed by atoms with van der Waals surface area (Å²) in [5.41, 5.74) is 4.92. The number of nitrogens with two attached hydrogens (primary N) is 1. The van der Waals surface area contributed by atoms with E-state index in [-0.39, 0.29) is 11.9 Å². The quantitative estimate of drug-likeness (QED) is 0.739. The molecule has 1 atom stereocenters. The van der Waals surface area contributed by atoms with Crippen LogP contribution in [0.3, 0.4) is 0 Å². The summed E-state index contributed by atoms with van der Waals surface area (Å²) >= 11 is 1.94. The highest BCUT2D eigenvalue weighted by molar-refractivity contribution is 7.99. The zero-order chi connectivity index (χ0) is 13.6. The number of carbonyl (C=O) groups is 1. The number of amides is 1. The van der Waals surface area contributed by atoms with E-state index in [4.69, 9.17) is 10.5 Å². The lowest BCUT2D eigenvalue weighted by molar-refractivity contribution is -0.124. The predicted molar refractivity (Wildman–Crippen MR) is 76.8 cm³/mol. The van der Waals surface area contributed by atoms with Crippen molar-refractivity contribution in [3.63, 3.8) is 0 Å². The van der Waals surface area contributed by atoms with Crippen LogP contribution in [0.1, 0.15) is 40.0 Å². The normalized spacial score (nSPS) is 20.9. The van der Waals surface area contributed by atoms with Gasteiger partial charge < -0.3 is 15.8 Å². The highest BCUT2D eigenvalue weighted by atomic mass is 32.2. The highest BCUT2D eigenvalue weighted by Gasteiger charge is 2.31. The van der Waals surface area contributed by atoms with Crippen LogP contribution in [0.2, 0.25) is 0 Å². The zero-order valence-corrected chi connectivity index (χ0v) is 12.5. The van der Waals surface area contributed by atoms with Crippen molar-refractivity contribution in [2.24, 2.45) is 5.73 Å². The lowest BCUT2D eigenvalue weighted by Crippen LogP contribution is -2.55. The van der Waals surface area contributed by atoms with Crippen molar-refractivity contribution in [3.8, 4) is 0 Å². The molecule has 1 aliphatic heterocycles. The number of thioether (sulfide) groups is 1. The van der Waals surface area contributed by atoms with Gasteiger partial charge in [0.05, 0.1) is 5.54 Å². The molecule has 1 aliphatic rings. The van der Waals surface area contributed by atoms with E-state index in [2.05, 4.69) is 5.32 Å². The Bertz CT molecular complexity index is 268. The van der Waals surface area contributed by atoms with Crippen molar-refractivity contribution >= 4 is 17.7 Å². The van der Waals surface area contributed by atoms with Crippen LogP contribution in [0.4, 0.5) is 0 Å². The van der Waals surface area contributed by atoms with Crippen LogP contribution in [0, 0.1) is 0 Å². The van der Waals surface area contributed by atoms with Gasteiger partial charge in [-0.1, -0.05) is 0 Å². The first-order valence-electron chi connectivity index (χ1n) is 6.71. The molecule has 3 N–H and O–H groups in total. The maximum atomic E-state index is 11.6. The smallest absolute Gasteiger partial charge is 0.237 e. The Labute approximate surface area is 114 Å². The van der Waals surface area contributed by atoms with Crippen LogP contribution in [0.25, 0.3) is 0 Å². The molecule has 5 heteroatoms. The molecule has 0 spiro atoms. The van der Waals surface area contributed by atoms with Crippen molar-refractivity contribution < 1.29 is 9.53 Å². The lowest BCUT2D eigenvalue weighted by atomic mass is 9.97. The summed E-state index contributed by atoms with van der Waals surface area (Å²) in [5, 5.41) is 3.96. The van der Waals surface area contributed by atoms with Crippen LogP contribution < -0.4 is 11.1 Å². The third kappa shape index (κ3) is 5.16. The van der Waals surface area contributed by atoms with E-state index in [0.29, 0.717) is 5.25 Å². The molecule has 0 aromatic rings. The summed E-state index contributed by atoms with van der Waals surface area (Å²) in [6, 6.07) is 0.260. The average Bonchev–Trinajstić information content (AvgIpc) is 2.29. The number of rotatable bonds is 7. The van der Waals surface area contributed by atoms with E-state index in [0.717, 1.165) is 38.2 Å². The zero-order valence-electron chi connectivity index (χ0n) is 11.7. The minimum Gasteiger partial charge on any atom is -0.381 e. The molecular formula is C13H26N2O2S. The fourth-order valence-electron chi connectivity index (χ4n) is 2.18. The molecule has 0 aromatic heterocycles. The third-order valence-electron chi connectivity index (χ3n) is 3.28. The van der Waals surface area contributed by atoms with Crippen molar-refractivity contribution in [2.75, 3.05) is 19.0 Å². The molecule has 4 nitrogen and oxygen atoms in total. The molecule has 1 rings (SSSR count). The fourth-order valence-corrected chi connectivity index (χ4v) is 3.56. The van der Waals surface area contributed by atoms with Gasteiger partial charge in [0.2, 0.25) is 5.91 Å². The van der Waals surface area contributed by atoms with Crippen LogP contribution in [-0.2, 0) is 9.53 Å². The number of hydrogen-bond acceptors (Lipinski definition) is 4. The molecule has 106 valence electrons. The van der Waals surface area contributed by atoms with E-state index in [1.54, 1.807) is 0 Å². The Morgan fingerprint density at radius 2 is 2.11 bits per heavy atom. The molecule has 18 heavy (non-hydrogen) atoms. The second-order valence-electron chi connectivity index (χ2n) is 5.43. The molecule has 1 saturated heterocycles. The molecule has 1 unspecified atom stereocenters. The molecule has 1 heterocycles. The molecule has 0 bridgehead atoms. The Morgan fingerprint density at radius 3 is 2.61 bits per heavy atom. The van der Waals surface area contributed by atoms with Crippen LogP contribution in [0.15, 0.2) is 0 Å². The molecule has 0 aliphatic carbocycles. The van der Waals surface area contributed by atoms with Crippen LogP contribution in [-0.4, -0.2) is 41.7 Å². The first-order valence-corrected chi connectivity index (χ1v) is 7.76. The molecule has 1 fully saturated rings. The molecule has 0 saturated carbocycles. The van der Waals surface area contributed by atoms with Gasteiger partial charge >= 0.3 is 0 Å². The van der Waals surface area contributed by atoms with Crippen molar-refractivity contribution in [2.45, 2.75) is 56.9 Å². The van der Waals surface area contributed by atoms with Gasteiger partial charge in [0.25, 0.3) is 0 Å². The third-order valence-corrected chi connectivity index (χ3v) is 4.66. The number of nitrogens with one attached hydrogen (secondary N) is 1. The van der Waals surface area contributed by atoms with Crippen molar-refractivity contribution in [1.82, 2.24) is 5.32 Å². The maximum Gasteiger partial charge on any atom is 0.237 e. The standard InChI is InChI=1S/C13H26N2O2S/c1-10(2)15-13(3,12(14)16)6-9-18-11-4-7-17-8-5-11/h10-11,15H,4-9H2,1-3H3,(H2,14,16). The van der Waals surface area contributed by atoms with Gasteiger partial charge in [0, 0.05) is 24.5 Å². The number of ether oxygens (including phenoxy) is 1. The van der Waals surface area contributed by atoms with Gasteiger partial charge in [-0.25, -0.2) is 0 Å². The minimum absolute atomic E-state index is 0.260. The van der Waals surface area contributed by atoms with E-state index in [9.17, 15) is 4.79 Å². The highest BCUT2D eigenvalue weighted by Crippen LogP contribution is 2.24. The lowest BCUT2D eigenvalue weighted by Gasteiger charge is -2.30. The Balaban J connectivity index is 2.35. The van der Waals surface area contributed by atoms with E-state index < -0.39 is 5.54 Å². The van der Waals surface area contributed by atoms with Gasteiger partial charge in [-0.15, -0.1) is 0 Å². The summed E-state index contributed by atoms with van der Waals surface area (Å²) in [7, 11) is 0. The second-order valence-corrected chi connectivity index (χ2v) is 6.84. The molecule has 0 aromatic carbocycles. The Hall–Kier alpha value is -0.260. The van der Waals surface area contributed by atoms with E-state index >= 15 is 0 Å². The van der Waals surface area contributed by atoms with E-state index in [1.807, 2.05) is 32.5 Å². The Morgan fingerprint density at radius 1 is 1.50 bits per heavy atom. The van der Waals surface area contributed by atoms with Gasteiger partial charge in [0.1, 0.15) is 0 Å². The molecular weight excluding hydrogens is 248 g/mol. The first-order chi connectivity index (χ1) is 8.44. The van der Waals surface area contributed by atoms with Crippen LogP contribution >= 0.6 is 11.8 Å². The van der Waals surface area contributed by atoms with Crippen molar-refractivity contribution in [1.29, 1.82) is 0 Å². The second kappa shape index (κ2) is 7.36. The summed E-state index contributed by atoms with van der Waals surface area (Å²) in [6.07, 6.45) is 3.02. The topological polar surface area (TPSA) is 64.3 Å². The summed E-state index contributed by atoms with van der Waals surface area (Å²) in [4.78, 5) is 11.6. The summed E-state index contributed by atoms with van der Waals surface area (Å²) in [6.45, 7) is 7.71.